The van der Waals surface area contributed by atoms with Crippen molar-refractivity contribution in [2.75, 3.05) is 0 Å². The summed E-state index contributed by atoms with van der Waals surface area (Å²) in [7, 11) is 0. The molecular weight excluding hydrogens is 545 g/mol. The molecular formula is C39H26N2OS. The molecule has 0 bridgehead atoms. The van der Waals surface area contributed by atoms with Crippen LogP contribution in [-0.4, -0.2) is 10.1 Å². The van der Waals surface area contributed by atoms with Crippen molar-refractivity contribution < 1.29 is 4.74 Å². The van der Waals surface area contributed by atoms with Gasteiger partial charge in [-0.15, -0.1) is 0 Å². The molecule has 0 fully saturated rings. The van der Waals surface area contributed by atoms with Crippen LogP contribution in [0.25, 0.3) is 22.3 Å². The molecule has 2 aliphatic rings. The first kappa shape index (κ1) is 25.5. The Kier molecular flexibility index (Phi) is 5.92. The number of nitrogens with one attached hydrogen (secondary N) is 2. The molecule has 6 aromatic rings. The van der Waals surface area contributed by atoms with Gasteiger partial charge in [0, 0.05) is 22.3 Å². The second-order valence-corrected chi connectivity index (χ2v) is 11.9. The maximum Gasteiger partial charge on any atom is 0.132 e. The number of hydrogen-bond donors (Lipinski definition) is 2. The van der Waals surface area contributed by atoms with Crippen LogP contribution in [0.1, 0.15) is 33.4 Å². The molecule has 43 heavy (non-hydrogen) atoms. The summed E-state index contributed by atoms with van der Waals surface area (Å²) in [4.78, 5) is 0. The first-order chi connectivity index (χ1) is 21.1. The average molecular weight is 571 g/mol. The lowest BCUT2D eigenvalue weighted by atomic mass is 9.66. The largest absolute Gasteiger partial charge is 0.457 e. The highest BCUT2D eigenvalue weighted by molar-refractivity contribution is 8.27. The molecule has 0 saturated heterocycles. The molecule has 1 spiro atoms. The van der Waals surface area contributed by atoms with Crippen molar-refractivity contribution in [3.05, 3.63) is 179 Å². The van der Waals surface area contributed by atoms with Crippen LogP contribution in [0.4, 0.5) is 0 Å². The van der Waals surface area contributed by atoms with Gasteiger partial charge in [0.2, 0.25) is 0 Å². The highest BCUT2D eigenvalue weighted by Gasteiger charge is 2.50. The van der Waals surface area contributed by atoms with Crippen LogP contribution < -0.4 is 4.74 Å². The highest BCUT2D eigenvalue weighted by Crippen LogP contribution is 2.62. The topological polar surface area (TPSA) is 56.9 Å². The van der Waals surface area contributed by atoms with Gasteiger partial charge in [-0.2, -0.15) is 0 Å². The number of ether oxygens (including phenoxy) is 1. The van der Waals surface area contributed by atoms with Crippen molar-refractivity contribution in [3.63, 3.8) is 0 Å². The molecule has 204 valence electrons. The Morgan fingerprint density at radius 1 is 0.465 bits per heavy atom. The van der Waals surface area contributed by atoms with Crippen LogP contribution in [0.3, 0.4) is 0 Å². The summed E-state index contributed by atoms with van der Waals surface area (Å²) in [5.74, 6) is 1.73. The molecule has 8 rings (SSSR count). The number of rotatable bonds is 3. The minimum Gasteiger partial charge on any atom is -0.457 e. The van der Waals surface area contributed by atoms with E-state index >= 15 is 0 Å². The molecule has 3 nitrogen and oxygen atoms in total. The van der Waals surface area contributed by atoms with E-state index in [1.807, 2.05) is 48.5 Å². The Hall–Kier alpha value is -5.19. The molecule has 0 radical (unpaired) electrons. The van der Waals surface area contributed by atoms with Gasteiger partial charge in [0.1, 0.15) is 21.6 Å². The van der Waals surface area contributed by atoms with Crippen LogP contribution in [0.5, 0.6) is 11.5 Å². The van der Waals surface area contributed by atoms with Crippen LogP contribution in [0.2, 0.25) is 0 Å². The fourth-order valence-electron chi connectivity index (χ4n) is 6.69. The third-order valence-corrected chi connectivity index (χ3v) is 9.42. The fraction of sp³-hybridized carbons (Fsp3) is 0.0256. The Balaban J connectivity index is 1.27. The standard InChI is InChI=1S/C39H26N2OS/c40-37(25-11-2-1-3-12-25)43-38(41)28-14-10-13-26(23-28)27-21-22-36-34(24-27)39(33-19-8-9-20-35(33)42-36)31-17-6-4-15-29(31)30-16-5-7-18-32(30)39/h1-24,40-41H. The van der Waals surface area contributed by atoms with Gasteiger partial charge in [0.25, 0.3) is 0 Å². The Morgan fingerprint density at radius 2 is 1.02 bits per heavy atom. The lowest BCUT2D eigenvalue weighted by Crippen LogP contribution is -2.32. The van der Waals surface area contributed by atoms with E-state index in [2.05, 4.69) is 97.1 Å². The summed E-state index contributed by atoms with van der Waals surface area (Å²) >= 11 is 1.17. The van der Waals surface area contributed by atoms with Gasteiger partial charge in [0.15, 0.2) is 0 Å². The quantitative estimate of drug-likeness (QED) is 0.164. The average Bonchev–Trinajstić information content (AvgIpc) is 3.36. The van der Waals surface area contributed by atoms with Gasteiger partial charge in [-0.25, -0.2) is 0 Å². The molecule has 4 heteroatoms. The van der Waals surface area contributed by atoms with Crippen molar-refractivity contribution in [3.8, 4) is 33.8 Å². The van der Waals surface area contributed by atoms with Gasteiger partial charge >= 0.3 is 0 Å². The minimum atomic E-state index is -0.516. The van der Waals surface area contributed by atoms with Gasteiger partial charge in [-0.05, 0) is 57.6 Å². The predicted octanol–water partition coefficient (Wildman–Crippen LogP) is 9.91. The molecule has 0 amide bonds. The number of thioether (sulfide) groups is 1. The summed E-state index contributed by atoms with van der Waals surface area (Å²) in [5.41, 5.74) is 10.4. The molecule has 0 atom stereocenters. The third-order valence-electron chi connectivity index (χ3n) is 8.55. The zero-order valence-corrected chi connectivity index (χ0v) is 24.0. The van der Waals surface area contributed by atoms with Crippen LogP contribution in [0.15, 0.2) is 146 Å². The first-order valence-corrected chi connectivity index (χ1v) is 15.1. The van der Waals surface area contributed by atoms with E-state index in [-0.39, 0.29) is 0 Å². The van der Waals surface area contributed by atoms with Crippen molar-refractivity contribution in [2.24, 2.45) is 0 Å². The van der Waals surface area contributed by atoms with E-state index in [1.54, 1.807) is 0 Å². The molecule has 6 aromatic carbocycles. The smallest absolute Gasteiger partial charge is 0.132 e. The summed E-state index contributed by atoms with van der Waals surface area (Å²) in [6.07, 6.45) is 0. The monoisotopic (exact) mass is 570 g/mol. The van der Waals surface area contributed by atoms with Gasteiger partial charge in [-0.1, -0.05) is 133 Å². The molecule has 0 unspecified atom stereocenters. The third kappa shape index (κ3) is 3.91. The van der Waals surface area contributed by atoms with Crippen molar-refractivity contribution in [2.45, 2.75) is 5.41 Å². The molecule has 1 aliphatic heterocycles. The van der Waals surface area contributed by atoms with Crippen molar-refractivity contribution >= 4 is 21.8 Å². The lowest BCUT2D eigenvalue weighted by molar-refractivity contribution is 0.436. The predicted molar refractivity (Wildman–Crippen MR) is 177 cm³/mol. The van der Waals surface area contributed by atoms with E-state index in [9.17, 15) is 0 Å². The normalized spacial score (nSPS) is 13.3. The Morgan fingerprint density at radius 3 is 1.77 bits per heavy atom. The van der Waals surface area contributed by atoms with Gasteiger partial charge in [0.05, 0.1) is 5.41 Å². The number of para-hydroxylation sites is 1. The maximum absolute atomic E-state index is 8.80. The molecule has 2 N–H and O–H groups in total. The van der Waals surface area contributed by atoms with E-state index in [1.165, 1.54) is 34.0 Å². The number of hydrogen-bond acceptors (Lipinski definition) is 4. The first-order valence-electron chi connectivity index (χ1n) is 14.3. The Labute approximate surface area is 254 Å². The lowest BCUT2D eigenvalue weighted by Gasteiger charge is -2.39. The van der Waals surface area contributed by atoms with Gasteiger partial charge < -0.3 is 4.74 Å². The molecule has 1 heterocycles. The molecule has 0 aromatic heterocycles. The summed E-state index contributed by atoms with van der Waals surface area (Å²) < 4.78 is 6.57. The summed E-state index contributed by atoms with van der Waals surface area (Å²) in [5, 5.41) is 18.0. The number of fused-ring (bicyclic) bond motifs is 9. The van der Waals surface area contributed by atoms with Crippen LogP contribution >= 0.6 is 11.8 Å². The maximum atomic E-state index is 8.80. The van der Waals surface area contributed by atoms with Crippen molar-refractivity contribution in [1.29, 1.82) is 10.8 Å². The molecule has 0 saturated carbocycles. The fourth-order valence-corrected chi connectivity index (χ4v) is 7.39. The zero-order valence-electron chi connectivity index (χ0n) is 23.2. The zero-order chi connectivity index (χ0) is 29.0. The number of benzene rings is 6. The van der Waals surface area contributed by atoms with Crippen molar-refractivity contribution in [1.82, 2.24) is 0 Å². The minimum absolute atomic E-state index is 0.348. The van der Waals surface area contributed by atoms with Crippen LogP contribution in [-0.2, 0) is 5.41 Å². The second-order valence-electron chi connectivity index (χ2n) is 10.9. The van der Waals surface area contributed by atoms with Crippen LogP contribution in [0, 0.1) is 10.8 Å². The SMILES string of the molecule is N=C(SC(=N)c1cccc(-c2ccc3c(c2)C2(c4ccccc4O3)c3ccccc3-c3ccccc32)c1)c1ccccc1. The van der Waals surface area contributed by atoms with Gasteiger partial charge in [-0.3, -0.25) is 10.8 Å². The summed E-state index contributed by atoms with van der Waals surface area (Å²) in [6.45, 7) is 0. The molecule has 1 aliphatic carbocycles. The summed E-state index contributed by atoms with van der Waals surface area (Å²) in [6, 6.07) is 50.0. The highest BCUT2D eigenvalue weighted by atomic mass is 32.2. The van der Waals surface area contributed by atoms with E-state index < -0.39 is 5.41 Å². The Bertz CT molecular complexity index is 2040. The second kappa shape index (κ2) is 9.97. The van der Waals surface area contributed by atoms with E-state index in [0.717, 1.165) is 44.9 Å². The van der Waals surface area contributed by atoms with E-state index in [0.29, 0.717) is 10.1 Å². The van der Waals surface area contributed by atoms with E-state index in [4.69, 9.17) is 15.6 Å².